The third-order valence-electron chi connectivity index (χ3n) is 3.91. The van der Waals surface area contributed by atoms with Gasteiger partial charge in [-0.3, -0.25) is 15.1 Å². The van der Waals surface area contributed by atoms with E-state index in [1.807, 2.05) is 6.92 Å². The first-order valence-electron chi connectivity index (χ1n) is 8.39. The van der Waals surface area contributed by atoms with Crippen LogP contribution in [0, 0.1) is 10.1 Å². The molecule has 10 heteroatoms. The summed E-state index contributed by atoms with van der Waals surface area (Å²) in [4.78, 5) is 50.5. The lowest BCUT2D eigenvalue weighted by molar-refractivity contribution is -0.384. The van der Waals surface area contributed by atoms with Gasteiger partial charge in [0.15, 0.2) is 0 Å². The quantitative estimate of drug-likeness (QED) is 0.500. The second-order valence-corrected chi connectivity index (χ2v) is 7.00. The third kappa shape index (κ3) is 3.96. The lowest BCUT2D eigenvalue weighted by Crippen LogP contribution is -2.48. The number of H-pyrrole nitrogens is 1. The lowest BCUT2D eigenvalue weighted by atomic mass is 10.3. The largest absolute Gasteiger partial charge is 0.340 e. The van der Waals surface area contributed by atoms with Crippen LogP contribution in [0.3, 0.4) is 0 Å². The highest BCUT2D eigenvalue weighted by atomic mass is 32.2. The van der Waals surface area contributed by atoms with Gasteiger partial charge in [-0.1, -0.05) is 18.7 Å². The predicted molar refractivity (Wildman–Crippen MR) is 104 cm³/mol. The summed E-state index contributed by atoms with van der Waals surface area (Å²) < 4.78 is 1.90. The number of rotatable bonds is 6. The van der Waals surface area contributed by atoms with Gasteiger partial charge in [0.25, 0.3) is 5.69 Å². The van der Waals surface area contributed by atoms with Crippen molar-refractivity contribution in [2.24, 2.45) is 0 Å². The van der Waals surface area contributed by atoms with Gasteiger partial charge < -0.3 is 0 Å². The normalized spacial score (nSPS) is 10.8. The summed E-state index contributed by atoms with van der Waals surface area (Å²) in [5.41, 5.74) is -1.85. The monoisotopic (exact) mass is 400 g/mol. The van der Waals surface area contributed by atoms with Crippen LogP contribution in [0.5, 0.6) is 0 Å². The van der Waals surface area contributed by atoms with Gasteiger partial charge in [-0.2, -0.15) is 0 Å². The van der Waals surface area contributed by atoms with E-state index in [2.05, 4.69) is 4.98 Å². The van der Waals surface area contributed by atoms with E-state index < -0.39 is 22.0 Å². The molecule has 0 fully saturated rings. The fraction of sp³-hybridized carbons (Fsp3) is 0.167. The predicted octanol–water partition coefficient (Wildman–Crippen LogP) is 2.16. The molecule has 0 saturated heterocycles. The van der Waals surface area contributed by atoms with Gasteiger partial charge in [0.05, 0.1) is 10.6 Å². The first-order valence-corrected chi connectivity index (χ1v) is 9.21. The number of nitrogens with zero attached hydrogens (tertiary/aromatic N) is 3. The molecule has 0 radical (unpaired) electrons. The molecule has 144 valence electrons. The van der Waals surface area contributed by atoms with Crippen LogP contribution in [0.15, 0.2) is 72.7 Å². The molecule has 28 heavy (non-hydrogen) atoms. The minimum atomic E-state index is -0.793. The number of aromatic amines is 1. The standard InChI is InChI=1S/C18H16N4O5S/c1-2-11-20-16(23)19-17(24)21(18(20)25)12-3-7-14(8-4-12)28-15-9-5-13(6-10-15)22(26)27/h3-10H,2,11H2,1H3,(H,19,23,24). The van der Waals surface area contributed by atoms with Crippen molar-refractivity contribution in [3.8, 4) is 5.69 Å². The van der Waals surface area contributed by atoms with Crippen LogP contribution in [0.4, 0.5) is 5.69 Å². The number of nitro groups is 1. The molecule has 0 saturated carbocycles. The van der Waals surface area contributed by atoms with Crippen LogP contribution in [0.25, 0.3) is 5.69 Å². The van der Waals surface area contributed by atoms with Crippen molar-refractivity contribution in [1.29, 1.82) is 0 Å². The van der Waals surface area contributed by atoms with Crippen LogP contribution >= 0.6 is 11.8 Å². The van der Waals surface area contributed by atoms with Crippen molar-refractivity contribution < 1.29 is 4.92 Å². The van der Waals surface area contributed by atoms with E-state index in [1.165, 1.54) is 23.9 Å². The number of nitro benzene ring substituents is 1. The topological polar surface area (TPSA) is 120 Å². The molecule has 0 amide bonds. The Morgan fingerprint density at radius 1 is 0.964 bits per heavy atom. The zero-order valence-electron chi connectivity index (χ0n) is 14.8. The van der Waals surface area contributed by atoms with Gasteiger partial charge >= 0.3 is 17.1 Å². The average Bonchev–Trinajstić information content (AvgIpc) is 2.67. The Kier molecular flexibility index (Phi) is 5.59. The van der Waals surface area contributed by atoms with Gasteiger partial charge in [0, 0.05) is 28.5 Å². The first-order chi connectivity index (χ1) is 13.4. The summed E-state index contributed by atoms with van der Waals surface area (Å²) in [5, 5.41) is 10.7. The van der Waals surface area contributed by atoms with Crippen LogP contribution in [0.1, 0.15) is 13.3 Å². The molecule has 0 aliphatic heterocycles. The fourth-order valence-electron chi connectivity index (χ4n) is 2.59. The summed E-state index contributed by atoms with van der Waals surface area (Å²) in [7, 11) is 0. The van der Waals surface area contributed by atoms with Crippen molar-refractivity contribution in [3.05, 3.63) is 90.1 Å². The molecule has 3 rings (SSSR count). The summed E-state index contributed by atoms with van der Waals surface area (Å²) >= 11 is 1.38. The zero-order valence-corrected chi connectivity index (χ0v) is 15.6. The van der Waals surface area contributed by atoms with Crippen molar-refractivity contribution >= 4 is 17.4 Å². The molecule has 0 atom stereocenters. The fourth-order valence-corrected chi connectivity index (χ4v) is 3.41. The van der Waals surface area contributed by atoms with Crippen LogP contribution < -0.4 is 17.1 Å². The smallest absolute Gasteiger partial charge is 0.258 e. The van der Waals surface area contributed by atoms with E-state index in [0.29, 0.717) is 12.1 Å². The molecule has 9 nitrogen and oxygen atoms in total. The average molecular weight is 400 g/mol. The first kappa shape index (κ1) is 19.4. The van der Waals surface area contributed by atoms with Crippen molar-refractivity contribution in [2.45, 2.75) is 29.7 Å². The van der Waals surface area contributed by atoms with Crippen molar-refractivity contribution in [2.75, 3.05) is 0 Å². The van der Waals surface area contributed by atoms with Gasteiger partial charge in [-0.05, 0) is 42.8 Å². The Hall–Kier alpha value is -3.40. The van der Waals surface area contributed by atoms with E-state index in [0.717, 1.165) is 18.9 Å². The summed E-state index contributed by atoms with van der Waals surface area (Å²) in [6, 6.07) is 12.8. The second kappa shape index (κ2) is 8.09. The number of non-ortho nitro benzene ring substituents is 1. The summed E-state index contributed by atoms with van der Waals surface area (Å²) in [5.74, 6) is 0. The maximum atomic E-state index is 12.5. The Bertz CT molecular complexity index is 1180. The molecular formula is C18H16N4O5S. The molecule has 1 heterocycles. The maximum Gasteiger partial charge on any atom is 0.340 e. The Morgan fingerprint density at radius 3 is 2.07 bits per heavy atom. The molecule has 1 aromatic heterocycles. The molecule has 0 unspecified atom stereocenters. The lowest BCUT2D eigenvalue weighted by Gasteiger charge is -2.09. The van der Waals surface area contributed by atoms with Gasteiger partial charge in [0.1, 0.15) is 0 Å². The minimum Gasteiger partial charge on any atom is -0.258 e. The van der Waals surface area contributed by atoms with Crippen molar-refractivity contribution in [3.63, 3.8) is 0 Å². The molecule has 1 N–H and O–H groups in total. The van der Waals surface area contributed by atoms with Crippen LogP contribution in [-0.4, -0.2) is 19.0 Å². The highest BCUT2D eigenvalue weighted by Crippen LogP contribution is 2.29. The minimum absolute atomic E-state index is 0.0144. The number of hydrogen-bond acceptors (Lipinski definition) is 6. The van der Waals surface area contributed by atoms with E-state index in [4.69, 9.17) is 0 Å². The SMILES string of the molecule is CCCn1c(=O)[nH]c(=O)n(-c2ccc(Sc3ccc([N+](=O)[O-])cc3)cc2)c1=O. The van der Waals surface area contributed by atoms with Gasteiger partial charge in [-0.15, -0.1) is 0 Å². The molecule has 0 spiro atoms. The van der Waals surface area contributed by atoms with E-state index in [-0.39, 0.29) is 12.2 Å². The van der Waals surface area contributed by atoms with Crippen molar-refractivity contribution in [1.82, 2.24) is 14.1 Å². The van der Waals surface area contributed by atoms with Crippen LogP contribution in [0.2, 0.25) is 0 Å². The highest BCUT2D eigenvalue weighted by molar-refractivity contribution is 7.99. The third-order valence-corrected chi connectivity index (χ3v) is 4.93. The number of aromatic nitrogens is 3. The Balaban J connectivity index is 1.90. The number of benzene rings is 2. The number of nitrogens with one attached hydrogen (secondary N) is 1. The highest BCUT2D eigenvalue weighted by Gasteiger charge is 2.11. The van der Waals surface area contributed by atoms with E-state index in [1.54, 1.807) is 36.4 Å². The van der Waals surface area contributed by atoms with E-state index in [9.17, 15) is 24.5 Å². The summed E-state index contributed by atoms with van der Waals surface area (Å²) in [6.45, 7) is 2.04. The maximum absolute atomic E-state index is 12.5. The molecule has 0 bridgehead atoms. The zero-order chi connectivity index (χ0) is 20.3. The second-order valence-electron chi connectivity index (χ2n) is 5.85. The molecule has 0 aliphatic rings. The number of hydrogen-bond donors (Lipinski definition) is 1. The Labute approximate surface area is 162 Å². The summed E-state index contributed by atoms with van der Waals surface area (Å²) in [6.07, 6.45) is 0.575. The Morgan fingerprint density at radius 2 is 1.54 bits per heavy atom. The van der Waals surface area contributed by atoms with Crippen LogP contribution in [-0.2, 0) is 6.54 Å². The van der Waals surface area contributed by atoms with Gasteiger partial charge in [-0.25, -0.2) is 23.5 Å². The van der Waals surface area contributed by atoms with Gasteiger partial charge in [0.2, 0.25) is 0 Å². The molecule has 2 aromatic carbocycles. The molecule has 3 aromatic rings. The molecule has 0 aliphatic carbocycles. The van der Waals surface area contributed by atoms with E-state index >= 15 is 0 Å². The molecular weight excluding hydrogens is 384 g/mol.